The minimum Gasteiger partial charge on any atom is -0.422 e. The Labute approximate surface area is 171 Å². The van der Waals surface area contributed by atoms with E-state index in [0.717, 1.165) is 47.2 Å². The van der Waals surface area contributed by atoms with E-state index in [9.17, 15) is 4.79 Å². The van der Waals surface area contributed by atoms with Crippen LogP contribution < -0.4 is 5.63 Å². The van der Waals surface area contributed by atoms with Gasteiger partial charge in [0.25, 0.3) is 0 Å². The summed E-state index contributed by atoms with van der Waals surface area (Å²) in [6.45, 7) is 6.32. The van der Waals surface area contributed by atoms with Crippen LogP contribution in [-0.4, -0.2) is 24.0 Å². The Hall–Kier alpha value is -2.90. The van der Waals surface area contributed by atoms with Crippen molar-refractivity contribution in [2.45, 2.75) is 45.6 Å². The SMILES string of the molecule is Cc1c(CCN2CCCCC2C)c(=O)oc2cc(-c3ccc(C#N)cc3)ccc12. The topological polar surface area (TPSA) is 57.2 Å². The van der Waals surface area contributed by atoms with E-state index in [1.807, 2.05) is 37.3 Å². The number of piperidine rings is 1. The number of nitriles is 1. The predicted octanol–water partition coefficient (Wildman–Crippen LogP) is 5.06. The Morgan fingerprint density at radius 3 is 2.62 bits per heavy atom. The lowest BCUT2D eigenvalue weighted by Gasteiger charge is -2.33. The average molecular weight is 386 g/mol. The van der Waals surface area contributed by atoms with Gasteiger partial charge in [-0.1, -0.05) is 30.7 Å². The zero-order valence-corrected chi connectivity index (χ0v) is 17.1. The standard InChI is InChI=1S/C25H26N2O2/c1-17-5-3-4-13-27(17)14-12-23-18(2)22-11-10-21(15-24(22)29-25(23)28)20-8-6-19(16-26)7-9-20/h6-11,15,17H,3-5,12-14H2,1-2H3. The molecule has 4 nitrogen and oxygen atoms in total. The fraction of sp³-hybridized carbons (Fsp3) is 0.360. The third-order valence-electron chi connectivity index (χ3n) is 6.22. The maximum atomic E-state index is 12.7. The monoisotopic (exact) mass is 386 g/mol. The number of benzene rings is 2. The fourth-order valence-corrected chi connectivity index (χ4v) is 4.35. The van der Waals surface area contributed by atoms with E-state index in [1.54, 1.807) is 12.1 Å². The van der Waals surface area contributed by atoms with E-state index in [0.29, 0.717) is 17.2 Å². The second-order valence-corrected chi connectivity index (χ2v) is 8.02. The lowest BCUT2D eigenvalue weighted by Crippen LogP contribution is -2.39. The summed E-state index contributed by atoms with van der Waals surface area (Å²) >= 11 is 0. The second kappa shape index (κ2) is 8.23. The minimum atomic E-state index is -0.225. The van der Waals surface area contributed by atoms with E-state index in [2.05, 4.69) is 17.9 Å². The lowest BCUT2D eigenvalue weighted by molar-refractivity contribution is 0.162. The van der Waals surface area contributed by atoms with Gasteiger partial charge in [0, 0.05) is 23.5 Å². The molecule has 3 aromatic rings. The van der Waals surface area contributed by atoms with Gasteiger partial charge in [0.2, 0.25) is 0 Å². The van der Waals surface area contributed by atoms with Gasteiger partial charge < -0.3 is 9.32 Å². The van der Waals surface area contributed by atoms with E-state index in [-0.39, 0.29) is 5.63 Å². The first kappa shape index (κ1) is 19.4. The van der Waals surface area contributed by atoms with Crippen molar-refractivity contribution in [1.82, 2.24) is 4.90 Å². The first-order valence-electron chi connectivity index (χ1n) is 10.4. The summed E-state index contributed by atoms with van der Waals surface area (Å²) in [5, 5.41) is 9.96. The van der Waals surface area contributed by atoms with E-state index in [1.165, 1.54) is 19.3 Å². The van der Waals surface area contributed by atoms with Crippen LogP contribution in [0.2, 0.25) is 0 Å². The molecule has 0 radical (unpaired) electrons. The molecular weight excluding hydrogens is 360 g/mol. The molecule has 1 atom stereocenters. The Morgan fingerprint density at radius 2 is 1.90 bits per heavy atom. The molecule has 4 heteroatoms. The number of likely N-dealkylation sites (tertiary alicyclic amines) is 1. The molecule has 0 N–H and O–H groups in total. The lowest BCUT2D eigenvalue weighted by atomic mass is 9.98. The molecule has 29 heavy (non-hydrogen) atoms. The molecule has 4 rings (SSSR count). The molecule has 0 saturated carbocycles. The van der Waals surface area contributed by atoms with Gasteiger partial charge in [-0.15, -0.1) is 0 Å². The highest BCUT2D eigenvalue weighted by Crippen LogP contribution is 2.27. The highest BCUT2D eigenvalue weighted by molar-refractivity contribution is 5.85. The average Bonchev–Trinajstić information content (AvgIpc) is 2.74. The van der Waals surface area contributed by atoms with Crippen molar-refractivity contribution >= 4 is 11.0 Å². The smallest absolute Gasteiger partial charge is 0.339 e. The second-order valence-electron chi connectivity index (χ2n) is 8.02. The first-order valence-corrected chi connectivity index (χ1v) is 10.4. The molecule has 1 unspecified atom stereocenters. The molecule has 1 aliphatic heterocycles. The summed E-state index contributed by atoms with van der Waals surface area (Å²) in [6, 6.07) is 16.1. The van der Waals surface area contributed by atoms with Crippen LogP contribution in [0.5, 0.6) is 0 Å². The van der Waals surface area contributed by atoms with Crippen molar-refractivity contribution in [3.63, 3.8) is 0 Å². The summed E-state index contributed by atoms with van der Waals surface area (Å²) in [4.78, 5) is 15.2. The number of nitrogens with zero attached hydrogens (tertiary/aromatic N) is 2. The van der Waals surface area contributed by atoms with E-state index < -0.39 is 0 Å². The van der Waals surface area contributed by atoms with Crippen LogP contribution >= 0.6 is 0 Å². The molecular formula is C25H26N2O2. The van der Waals surface area contributed by atoms with E-state index in [4.69, 9.17) is 9.68 Å². The molecule has 1 fully saturated rings. The molecule has 0 bridgehead atoms. The summed E-state index contributed by atoms with van der Waals surface area (Å²) in [5.74, 6) is 0. The van der Waals surface area contributed by atoms with Crippen LogP contribution in [0.1, 0.15) is 42.9 Å². The summed E-state index contributed by atoms with van der Waals surface area (Å²) in [6.07, 6.45) is 4.51. The molecule has 2 heterocycles. The summed E-state index contributed by atoms with van der Waals surface area (Å²) < 4.78 is 5.72. The minimum absolute atomic E-state index is 0.225. The highest BCUT2D eigenvalue weighted by Gasteiger charge is 2.19. The van der Waals surface area contributed by atoms with Gasteiger partial charge in [0.05, 0.1) is 11.6 Å². The van der Waals surface area contributed by atoms with Gasteiger partial charge in [-0.05, 0) is 74.5 Å². The maximum Gasteiger partial charge on any atom is 0.339 e. The molecule has 0 amide bonds. The number of fused-ring (bicyclic) bond motifs is 1. The molecule has 0 aliphatic carbocycles. The Balaban J connectivity index is 1.63. The summed E-state index contributed by atoms with van der Waals surface area (Å²) in [5.41, 5.74) is 4.80. The quantitative estimate of drug-likeness (QED) is 0.588. The van der Waals surface area contributed by atoms with Crippen LogP contribution in [-0.2, 0) is 6.42 Å². The zero-order chi connectivity index (χ0) is 20.4. The Bertz CT molecular complexity index is 1120. The van der Waals surface area contributed by atoms with Crippen LogP contribution in [0.3, 0.4) is 0 Å². The largest absolute Gasteiger partial charge is 0.422 e. The van der Waals surface area contributed by atoms with Crippen molar-refractivity contribution in [2.24, 2.45) is 0 Å². The van der Waals surface area contributed by atoms with Crippen molar-refractivity contribution in [3.05, 3.63) is 69.6 Å². The van der Waals surface area contributed by atoms with Crippen molar-refractivity contribution < 1.29 is 4.42 Å². The van der Waals surface area contributed by atoms with Gasteiger partial charge >= 0.3 is 5.63 Å². The van der Waals surface area contributed by atoms with Gasteiger partial charge in [-0.3, -0.25) is 0 Å². The van der Waals surface area contributed by atoms with Crippen molar-refractivity contribution in [3.8, 4) is 17.2 Å². The van der Waals surface area contributed by atoms with Crippen LogP contribution in [0.4, 0.5) is 0 Å². The number of rotatable bonds is 4. The van der Waals surface area contributed by atoms with Crippen LogP contribution in [0.15, 0.2) is 51.7 Å². The van der Waals surface area contributed by atoms with Gasteiger partial charge in [-0.2, -0.15) is 5.26 Å². The number of hydrogen-bond acceptors (Lipinski definition) is 4. The third kappa shape index (κ3) is 3.97. The van der Waals surface area contributed by atoms with E-state index >= 15 is 0 Å². The molecule has 0 spiro atoms. The van der Waals surface area contributed by atoms with Crippen molar-refractivity contribution in [2.75, 3.05) is 13.1 Å². The van der Waals surface area contributed by atoms with Crippen molar-refractivity contribution in [1.29, 1.82) is 5.26 Å². The Kier molecular flexibility index (Phi) is 5.51. The molecule has 1 aromatic heterocycles. The molecule has 2 aromatic carbocycles. The van der Waals surface area contributed by atoms with Gasteiger partial charge in [0.1, 0.15) is 5.58 Å². The summed E-state index contributed by atoms with van der Waals surface area (Å²) in [7, 11) is 0. The fourth-order valence-electron chi connectivity index (χ4n) is 4.35. The first-order chi connectivity index (χ1) is 14.1. The number of aryl methyl sites for hydroxylation is 1. The number of hydrogen-bond donors (Lipinski definition) is 0. The van der Waals surface area contributed by atoms with Crippen LogP contribution in [0.25, 0.3) is 22.1 Å². The molecule has 1 saturated heterocycles. The zero-order valence-electron chi connectivity index (χ0n) is 17.1. The van der Waals surface area contributed by atoms with Crippen LogP contribution in [0, 0.1) is 18.3 Å². The molecule has 1 aliphatic rings. The predicted molar refractivity (Wildman–Crippen MR) is 116 cm³/mol. The maximum absolute atomic E-state index is 12.7. The third-order valence-corrected chi connectivity index (χ3v) is 6.22. The van der Waals surface area contributed by atoms with Gasteiger partial charge in [0.15, 0.2) is 0 Å². The molecule has 148 valence electrons. The van der Waals surface area contributed by atoms with Gasteiger partial charge in [-0.25, -0.2) is 4.79 Å². The Morgan fingerprint density at radius 1 is 1.14 bits per heavy atom. The normalized spacial score (nSPS) is 17.3. The highest BCUT2D eigenvalue weighted by atomic mass is 16.4.